The van der Waals surface area contributed by atoms with Crippen LogP contribution in [-0.4, -0.2) is 69.1 Å². The molecule has 7 heteroatoms. The molecule has 106 valence electrons. The highest BCUT2D eigenvalue weighted by atomic mass is 32.2. The Kier molecular flexibility index (Phi) is 6.24. The normalized spacial score (nSPS) is 18.1. The number of hydrogen-bond acceptors (Lipinski definition) is 4. The van der Waals surface area contributed by atoms with E-state index in [0.29, 0.717) is 39.1 Å². The summed E-state index contributed by atoms with van der Waals surface area (Å²) in [6.07, 6.45) is 3.07. The van der Waals surface area contributed by atoms with Gasteiger partial charge in [0.25, 0.3) is 10.2 Å². The molecule has 1 rings (SSSR count). The topological polar surface area (TPSA) is 70.1 Å². The van der Waals surface area contributed by atoms with E-state index in [1.807, 2.05) is 6.08 Å². The van der Waals surface area contributed by atoms with E-state index in [0.717, 1.165) is 5.57 Å². The van der Waals surface area contributed by atoms with Crippen LogP contribution in [0.2, 0.25) is 0 Å². The fourth-order valence-electron chi connectivity index (χ4n) is 1.82. The summed E-state index contributed by atoms with van der Waals surface area (Å²) in [5, 5.41) is 8.73. The van der Waals surface area contributed by atoms with Crippen LogP contribution in [0.1, 0.15) is 12.8 Å². The highest BCUT2D eigenvalue weighted by Crippen LogP contribution is 2.16. The van der Waals surface area contributed by atoms with Crippen LogP contribution in [0.25, 0.3) is 0 Å². The van der Waals surface area contributed by atoms with E-state index >= 15 is 0 Å². The lowest BCUT2D eigenvalue weighted by atomic mass is 10.1. The Balaban J connectivity index is 2.60. The van der Waals surface area contributed by atoms with Crippen molar-refractivity contribution in [3.8, 4) is 0 Å². The predicted octanol–water partition coefficient (Wildman–Crippen LogP) is -0.176. The average Bonchev–Trinajstić information content (AvgIpc) is 2.37. The zero-order valence-corrected chi connectivity index (χ0v) is 11.8. The van der Waals surface area contributed by atoms with E-state index in [1.165, 1.54) is 8.61 Å². The van der Waals surface area contributed by atoms with Crippen molar-refractivity contribution >= 4 is 10.2 Å². The summed E-state index contributed by atoms with van der Waals surface area (Å²) < 4.78 is 32.1. The lowest BCUT2D eigenvalue weighted by molar-refractivity contribution is 0.218. The highest BCUT2D eigenvalue weighted by molar-refractivity contribution is 7.86. The average molecular weight is 278 g/mol. The molecule has 0 bridgehead atoms. The van der Waals surface area contributed by atoms with E-state index in [-0.39, 0.29) is 6.61 Å². The molecular weight excluding hydrogens is 256 g/mol. The third kappa shape index (κ3) is 4.03. The second kappa shape index (κ2) is 7.20. The van der Waals surface area contributed by atoms with Crippen LogP contribution in [-0.2, 0) is 14.9 Å². The second-order valence-electron chi connectivity index (χ2n) is 4.31. The molecule has 0 aromatic carbocycles. The minimum atomic E-state index is -3.40. The molecule has 0 aliphatic carbocycles. The van der Waals surface area contributed by atoms with Crippen molar-refractivity contribution in [1.82, 2.24) is 8.61 Å². The molecule has 0 saturated heterocycles. The van der Waals surface area contributed by atoms with E-state index in [1.54, 1.807) is 14.2 Å². The molecule has 0 aromatic rings. The Morgan fingerprint density at radius 2 is 2.28 bits per heavy atom. The van der Waals surface area contributed by atoms with Gasteiger partial charge in [-0.15, -0.1) is 0 Å². The van der Waals surface area contributed by atoms with Gasteiger partial charge in [0.05, 0.1) is 6.61 Å². The van der Waals surface area contributed by atoms with Crippen LogP contribution in [0.5, 0.6) is 0 Å². The Morgan fingerprint density at radius 1 is 1.56 bits per heavy atom. The quantitative estimate of drug-likeness (QED) is 0.656. The first-order chi connectivity index (χ1) is 8.52. The van der Waals surface area contributed by atoms with Crippen LogP contribution < -0.4 is 0 Å². The zero-order valence-electron chi connectivity index (χ0n) is 11.0. The lowest BCUT2D eigenvalue weighted by Crippen LogP contribution is -2.44. The van der Waals surface area contributed by atoms with Gasteiger partial charge >= 0.3 is 0 Å². The SMILES string of the molecule is COCC1=CCN(S(=O)(=O)N(C)CCCO)CC1. The number of hydrogen-bond donors (Lipinski definition) is 1. The van der Waals surface area contributed by atoms with E-state index < -0.39 is 10.2 Å². The van der Waals surface area contributed by atoms with Crippen LogP contribution in [0.15, 0.2) is 11.6 Å². The molecule has 1 aliphatic rings. The van der Waals surface area contributed by atoms with Crippen LogP contribution >= 0.6 is 0 Å². The van der Waals surface area contributed by atoms with Crippen molar-refractivity contribution in [3.05, 3.63) is 11.6 Å². The van der Waals surface area contributed by atoms with Crippen LogP contribution in [0.3, 0.4) is 0 Å². The maximum atomic E-state index is 12.2. The van der Waals surface area contributed by atoms with Crippen molar-refractivity contribution in [2.75, 3.05) is 47.0 Å². The molecule has 6 nitrogen and oxygen atoms in total. The van der Waals surface area contributed by atoms with Gasteiger partial charge in [-0.25, -0.2) is 0 Å². The smallest absolute Gasteiger partial charge is 0.282 e. The summed E-state index contributed by atoms with van der Waals surface area (Å²) in [6, 6.07) is 0. The van der Waals surface area contributed by atoms with Gasteiger partial charge in [-0.2, -0.15) is 17.0 Å². The van der Waals surface area contributed by atoms with Gasteiger partial charge in [0.15, 0.2) is 0 Å². The van der Waals surface area contributed by atoms with E-state index in [2.05, 4.69) is 0 Å². The number of ether oxygens (including phenoxy) is 1. The molecule has 0 unspecified atom stereocenters. The maximum Gasteiger partial charge on any atom is 0.282 e. The minimum Gasteiger partial charge on any atom is -0.396 e. The van der Waals surface area contributed by atoms with Gasteiger partial charge in [-0.1, -0.05) is 6.08 Å². The summed E-state index contributed by atoms with van der Waals surface area (Å²) in [4.78, 5) is 0. The van der Waals surface area contributed by atoms with Crippen LogP contribution in [0.4, 0.5) is 0 Å². The first-order valence-electron chi connectivity index (χ1n) is 6.01. The molecule has 0 radical (unpaired) electrons. The molecule has 0 aromatic heterocycles. The predicted molar refractivity (Wildman–Crippen MR) is 69.4 cm³/mol. The number of nitrogens with zero attached hydrogens (tertiary/aromatic N) is 2. The maximum absolute atomic E-state index is 12.2. The Hall–Kier alpha value is -0.470. The van der Waals surface area contributed by atoms with Gasteiger partial charge < -0.3 is 9.84 Å². The Morgan fingerprint density at radius 3 is 2.78 bits per heavy atom. The van der Waals surface area contributed by atoms with E-state index in [4.69, 9.17) is 9.84 Å². The Labute approximate surface area is 109 Å². The Bertz CT molecular complexity index is 381. The second-order valence-corrected chi connectivity index (χ2v) is 6.35. The molecule has 0 spiro atoms. The summed E-state index contributed by atoms with van der Waals surface area (Å²) in [5.74, 6) is 0. The summed E-state index contributed by atoms with van der Waals surface area (Å²) in [6.45, 7) is 1.78. The number of aliphatic hydroxyl groups is 1. The van der Waals surface area contributed by atoms with Crippen molar-refractivity contribution in [2.45, 2.75) is 12.8 Å². The van der Waals surface area contributed by atoms with Gasteiger partial charge in [-0.05, 0) is 18.4 Å². The van der Waals surface area contributed by atoms with Crippen molar-refractivity contribution < 1.29 is 18.3 Å². The molecule has 0 atom stereocenters. The van der Waals surface area contributed by atoms with Gasteiger partial charge in [-0.3, -0.25) is 0 Å². The van der Waals surface area contributed by atoms with E-state index in [9.17, 15) is 8.42 Å². The molecule has 1 N–H and O–H groups in total. The molecule has 0 fully saturated rings. The number of methoxy groups -OCH3 is 1. The molecular formula is C11H22N2O4S. The molecule has 0 amide bonds. The largest absolute Gasteiger partial charge is 0.396 e. The van der Waals surface area contributed by atoms with Gasteiger partial charge in [0.1, 0.15) is 0 Å². The molecule has 0 saturated carbocycles. The highest BCUT2D eigenvalue weighted by Gasteiger charge is 2.27. The van der Waals surface area contributed by atoms with Crippen LogP contribution in [0, 0.1) is 0 Å². The number of aliphatic hydroxyl groups excluding tert-OH is 1. The van der Waals surface area contributed by atoms with Gasteiger partial charge in [0, 0.05) is 40.4 Å². The lowest BCUT2D eigenvalue weighted by Gasteiger charge is -2.29. The fraction of sp³-hybridized carbons (Fsp3) is 0.818. The molecule has 1 aliphatic heterocycles. The monoisotopic (exact) mass is 278 g/mol. The third-order valence-electron chi connectivity index (χ3n) is 2.95. The summed E-state index contributed by atoms with van der Waals surface area (Å²) in [5.41, 5.74) is 1.14. The molecule has 18 heavy (non-hydrogen) atoms. The standard InChI is InChI=1S/C11H22N2O4S/c1-12(6-3-9-14)18(15,16)13-7-4-11(5-8-13)10-17-2/h4,14H,3,5-10H2,1-2H3. The number of rotatable bonds is 7. The van der Waals surface area contributed by atoms with Gasteiger partial charge in [0.2, 0.25) is 0 Å². The summed E-state index contributed by atoms with van der Waals surface area (Å²) in [7, 11) is -0.230. The molecule has 1 heterocycles. The first-order valence-corrected chi connectivity index (χ1v) is 7.41. The zero-order chi connectivity index (χ0) is 13.6. The minimum absolute atomic E-state index is 0.00223. The fourth-order valence-corrected chi connectivity index (χ4v) is 3.16. The summed E-state index contributed by atoms with van der Waals surface area (Å²) >= 11 is 0. The van der Waals surface area contributed by atoms with Crippen molar-refractivity contribution in [2.24, 2.45) is 0 Å². The van der Waals surface area contributed by atoms with Crippen molar-refractivity contribution in [1.29, 1.82) is 0 Å². The van der Waals surface area contributed by atoms with Crippen molar-refractivity contribution in [3.63, 3.8) is 0 Å². The first kappa shape index (κ1) is 15.6. The third-order valence-corrected chi connectivity index (χ3v) is 4.90.